The molecule has 19 heavy (non-hydrogen) atoms. The van der Waals surface area contributed by atoms with Crippen molar-refractivity contribution in [2.45, 2.75) is 26.3 Å². The molecule has 0 aromatic heterocycles. The number of hydrogen-bond donors (Lipinski definition) is 1. The maximum atomic E-state index is 13.6. The van der Waals surface area contributed by atoms with Gasteiger partial charge in [0.25, 0.3) is 0 Å². The minimum absolute atomic E-state index is 0.287. The van der Waals surface area contributed by atoms with Gasteiger partial charge in [0, 0.05) is 6.04 Å². The molecule has 0 bridgehead atoms. The smallest absolute Gasteiger partial charge is 0.126 e. The maximum absolute atomic E-state index is 13.6. The van der Waals surface area contributed by atoms with E-state index in [0.717, 1.165) is 28.8 Å². The van der Waals surface area contributed by atoms with Gasteiger partial charge in [-0.1, -0.05) is 18.2 Å². The van der Waals surface area contributed by atoms with Crippen LogP contribution in [0.4, 0.5) is 8.78 Å². The minimum Gasteiger partial charge on any atom is -0.324 e. The highest BCUT2D eigenvalue weighted by atomic mass is 19.1. The van der Waals surface area contributed by atoms with Crippen LogP contribution >= 0.6 is 0 Å². The van der Waals surface area contributed by atoms with Crippen molar-refractivity contribution in [1.82, 2.24) is 0 Å². The Morgan fingerprint density at radius 1 is 1.05 bits per heavy atom. The van der Waals surface area contributed by atoms with E-state index in [0.29, 0.717) is 5.56 Å². The van der Waals surface area contributed by atoms with Crippen LogP contribution in [0.2, 0.25) is 0 Å². The van der Waals surface area contributed by atoms with E-state index in [1.165, 1.54) is 6.07 Å². The lowest BCUT2D eigenvalue weighted by atomic mass is 9.92. The van der Waals surface area contributed by atoms with Gasteiger partial charge in [0.15, 0.2) is 0 Å². The molecule has 1 unspecified atom stereocenters. The van der Waals surface area contributed by atoms with E-state index in [2.05, 4.69) is 0 Å². The predicted molar refractivity (Wildman–Crippen MR) is 72.9 cm³/mol. The van der Waals surface area contributed by atoms with E-state index in [-0.39, 0.29) is 12.5 Å². The number of benzene rings is 2. The first-order chi connectivity index (χ1) is 8.99. The van der Waals surface area contributed by atoms with E-state index < -0.39 is 11.6 Å². The van der Waals surface area contributed by atoms with E-state index in [9.17, 15) is 8.78 Å². The van der Waals surface area contributed by atoms with Crippen molar-refractivity contribution in [3.05, 3.63) is 70.3 Å². The third-order valence-electron chi connectivity index (χ3n) is 3.36. The van der Waals surface area contributed by atoms with Crippen molar-refractivity contribution in [1.29, 1.82) is 0 Å². The molecule has 1 nitrogen and oxygen atoms in total. The van der Waals surface area contributed by atoms with Crippen molar-refractivity contribution in [3.8, 4) is 0 Å². The zero-order valence-corrected chi connectivity index (χ0v) is 11.1. The largest absolute Gasteiger partial charge is 0.324 e. The molecule has 0 spiro atoms. The van der Waals surface area contributed by atoms with Crippen LogP contribution in [-0.4, -0.2) is 0 Å². The van der Waals surface area contributed by atoms with Gasteiger partial charge in [0.1, 0.15) is 11.6 Å². The van der Waals surface area contributed by atoms with Crippen molar-refractivity contribution in [3.63, 3.8) is 0 Å². The van der Waals surface area contributed by atoms with Gasteiger partial charge in [0.05, 0.1) is 0 Å². The molecule has 0 aliphatic heterocycles. The Hall–Kier alpha value is -1.74. The summed E-state index contributed by atoms with van der Waals surface area (Å²) in [6, 6.07) is 9.05. The Bertz CT molecular complexity index is 573. The highest BCUT2D eigenvalue weighted by molar-refractivity contribution is 5.37. The fraction of sp³-hybridized carbons (Fsp3) is 0.250. The molecule has 0 saturated carbocycles. The van der Waals surface area contributed by atoms with Gasteiger partial charge in [0.2, 0.25) is 0 Å². The molecule has 0 radical (unpaired) electrons. The molecule has 0 aliphatic carbocycles. The third kappa shape index (κ3) is 2.99. The minimum atomic E-state index is -0.440. The molecule has 0 heterocycles. The lowest BCUT2D eigenvalue weighted by molar-refractivity contribution is 0.572. The van der Waals surface area contributed by atoms with Gasteiger partial charge >= 0.3 is 0 Å². The molecule has 2 rings (SSSR count). The van der Waals surface area contributed by atoms with Crippen molar-refractivity contribution in [2.24, 2.45) is 5.73 Å². The van der Waals surface area contributed by atoms with Gasteiger partial charge in [-0.2, -0.15) is 0 Å². The summed E-state index contributed by atoms with van der Waals surface area (Å²) in [6.45, 7) is 3.95. The molecule has 1 atom stereocenters. The Balaban J connectivity index is 2.31. The van der Waals surface area contributed by atoms with Crippen LogP contribution in [0, 0.1) is 25.5 Å². The zero-order valence-electron chi connectivity index (χ0n) is 11.1. The summed E-state index contributed by atoms with van der Waals surface area (Å²) in [4.78, 5) is 0. The Kier molecular flexibility index (Phi) is 3.96. The first kappa shape index (κ1) is 13.7. The zero-order chi connectivity index (χ0) is 14.0. The van der Waals surface area contributed by atoms with E-state index in [4.69, 9.17) is 5.73 Å². The molecule has 2 aromatic carbocycles. The highest BCUT2D eigenvalue weighted by Crippen LogP contribution is 2.24. The maximum Gasteiger partial charge on any atom is 0.126 e. The predicted octanol–water partition coefficient (Wildman–Crippen LogP) is 3.82. The molecule has 3 heteroatoms. The van der Waals surface area contributed by atoms with Crippen LogP contribution in [0.1, 0.15) is 28.3 Å². The SMILES string of the molecule is Cc1cccc(C)c1C(N)Cc1cc(F)ccc1F. The number of aryl methyl sites for hydroxylation is 2. The second-order valence-electron chi connectivity index (χ2n) is 4.85. The lowest BCUT2D eigenvalue weighted by Crippen LogP contribution is -2.17. The third-order valence-corrected chi connectivity index (χ3v) is 3.36. The lowest BCUT2D eigenvalue weighted by Gasteiger charge is -2.18. The summed E-state index contributed by atoms with van der Waals surface area (Å²) in [6.07, 6.45) is 0.287. The van der Waals surface area contributed by atoms with Crippen LogP contribution in [0.5, 0.6) is 0 Å². The van der Waals surface area contributed by atoms with Crippen molar-refractivity contribution < 1.29 is 8.78 Å². The highest BCUT2D eigenvalue weighted by Gasteiger charge is 2.14. The molecule has 0 amide bonds. The summed E-state index contributed by atoms with van der Waals surface area (Å²) in [5, 5.41) is 0. The fourth-order valence-electron chi connectivity index (χ4n) is 2.45. The number of nitrogens with two attached hydrogens (primary N) is 1. The van der Waals surface area contributed by atoms with Crippen molar-refractivity contribution in [2.75, 3.05) is 0 Å². The summed E-state index contributed by atoms with van der Waals surface area (Å²) in [5.41, 5.74) is 9.63. The standard InChI is InChI=1S/C16H17F2N/c1-10-4-3-5-11(2)16(10)15(19)9-12-8-13(17)6-7-14(12)18/h3-8,15H,9,19H2,1-2H3. The van der Waals surface area contributed by atoms with Crippen LogP contribution in [0.25, 0.3) is 0 Å². The molecule has 100 valence electrons. The molecular formula is C16H17F2N. The van der Waals surface area contributed by atoms with Gasteiger partial charge < -0.3 is 5.73 Å². The first-order valence-electron chi connectivity index (χ1n) is 6.24. The summed E-state index contributed by atoms with van der Waals surface area (Å²) < 4.78 is 26.8. The van der Waals surface area contributed by atoms with Crippen LogP contribution in [0.3, 0.4) is 0 Å². The first-order valence-corrected chi connectivity index (χ1v) is 6.24. The second kappa shape index (κ2) is 5.49. The molecule has 2 aromatic rings. The summed E-state index contributed by atoms with van der Waals surface area (Å²) >= 11 is 0. The van der Waals surface area contributed by atoms with Gasteiger partial charge in [-0.25, -0.2) is 8.78 Å². The Morgan fingerprint density at radius 3 is 2.32 bits per heavy atom. The second-order valence-corrected chi connectivity index (χ2v) is 4.85. The molecule has 0 aliphatic rings. The Labute approximate surface area is 112 Å². The van der Waals surface area contributed by atoms with Crippen LogP contribution < -0.4 is 5.73 Å². The average molecular weight is 261 g/mol. The van der Waals surface area contributed by atoms with E-state index in [1.54, 1.807) is 0 Å². The molecule has 0 saturated heterocycles. The monoisotopic (exact) mass is 261 g/mol. The van der Waals surface area contributed by atoms with Gasteiger partial charge in [-0.3, -0.25) is 0 Å². The number of hydrogen-bond acceptors (Lipinski definition) is 1. The van der Waals surface area contributed by atoms with Crippen LogP contribution in [0.15, 0.2) is 36.4 Å². The average Bonchev–Trinajstić information content (AvgIpc) is 2.33. The molecule has 2 N–H and O–H groups in total. The van der Waals surface area contributed by atoms with Gasteiger partial charge in [-0.15, -0.1) is 0 Å². The topological polar surface area (TPSA) is 26.0 Å². The van der Waals surface area contributed by atoms with Crippen LogP contribution in [-0.2, 0) is 6.42 Å². The normalized spacial score (nSPS) is 12.5. The summed E-state index contributed by atoms with van der Waals surface area (Å²) in [5.74, 6) is -0.854. The number of rotatable bonds is 3. The van der Waals surface area contributed by atoms with Gasteiger partial charge in [-0.05, 0) is 60.7 Å². The van der Waals surface area contributed by atoms with E-state index >= 15 is 0 Å². The summed E-state index contributed by atoms with van der Waals surface area (Å²) in [7, 11) is 0. The fourth-order valence-corrected chi connectivity index (χ4v) is 2.45. The van der Waals surface area contributed by atoms with E-state index in [1.807, 2.05) is 32.0 Å². The molecular weight excluding hydrogens is 244 g/mol. The number of halogens is 2. The quantitative estimate of drug-likeness (QED) is 0.893. The molecule has 0 fully saturated rings. The van der Waals surface area contributed by atoms with Crippen molar-refractivity contribution >= 4 is 0 Å². The Morgan fingerprint density at radius 2 is 1.68 bits per heavy atom.